The van der Waals surface area contributed by atoms with Crippen molar-refractivity contribution in [3.63, 3.8) is 0 Å². The first-order valence-electron chi connectivity index (χ1n) is 8.64. The van der Waals surface area contributed by atoms with Crippen LogP contribution in [0.15, 0.2) is 24.3 Å². The van der Waals surface area contributed by atoms with Gasteiger partial charge in [0.05, 0.1) is 16.6 Å². The van der Waals surface area contributed by atoms with Crippen molar-refractivity contribution in [3.05, 3.63) is 29.8 Å². The number of rotatable bonds is 6. The van der Waals surface area contributed by atoms with Crippen LogP contribution in [0.5, 0.6) is 0 Å². The summed E-state index contributed by atoms with van der Waals surface area (Å²) < 4.78 is 0. The molecular formula is C19H26BNO3S. The predicted octanol–water partition coefficient (Wildman–Crippen LogP) is 2.54. The highest BCUT2D eigenvalue weighted by Gasteiger charge is 2.42. The van der Waals surface area contributed by atoms with Gasteiger partial charge in [-0.15, -0.1) is 11.8 Å². The number of anilines is 1. The third kappa shape index (κ3) is 3.41. The Labute approximate surface area is 155 Å². The van der Waals surface area contributed by atoms with E-state index in [2.05, 4.69) is 0 Å². The Morgan fingerprint density at radius 1 is 1.20 bits per heavy atom. The minimum Gasteiger partial charge on any atom is -0.311 e. The molecule has 1 aromatic carbocycles. The smallest absolute Gasteiger partial charge is 0.247 e. The molecule has 0 N–H and O–H groups in total. The van der Waals surface area contributed by atoms with Crippen molar-refractivity contribution in [2.24, 2.45) is 5.41 Å². The van der Waals surface area contributed by atoms with Gasteiger partial charge in [0.15, 0.2) is 7.85 Å². The molecule has 0 radical (unpaired) electrons. The monoisotopic (exact) mass is 359 g/mol. The van der Waals surface area contributed by atoms with Gasteiger partial charge in [-0.3, -0.25) is 9.59 Å². The van der Waals surface area contributed by atoms with Crippen LogP contribution in [0.2, 0.25) is 0 Å². The van der Waals surface area contributed by atoms with Crippen molar-refractivity contribution < 1.29 is 14.4 Å². The van der Waals surface area contributed by atoms with Gasteiger partial charge in [0.1, 0.15) is 0 Å². The molecule has 1 saturated heterocycles. The maximum absolute atomic E-state index is 12.5. The van der Waals surface area contributed by atoms with Crippen LogP contribution in [0.25, 0.3) is 0 Å². The van der Waals surface area contributed by atoms with Crippen LogP contribution < -0.4 is 4.90 Å². The fourth-order valence-electron chi connectivity index (χ4n) is 3.03. The van der Waals surface area contributed by atoms with Crippen LogP contribution in [0.1, 0.15) is 46.6 Å². The summed E-state index contributed by atoms with van der Waals surface area (Å²) in [5.41, 5.74) is 0.864. The molecule has 134 valence electrons. The molecule has 0 saturated carbocycles. The predicted molar refractivity (Wildman–Crippen MR) is 106 cm³/mol. The summed E-state index contributed by atoms with van der Waals surface area (Å²) in [4.78, 5) is 38.1. The number of carbonyl (C=O) groups is 3. The van der Waals surface area contributed by atoms with E-state index < -0.39 is 5.41 Å². The van der Waals surface area contributed by atoms with E-state index in [1.807, 2.05) is 58.9 Å². The minimum atomic E-state index is -0.517. The number of nitrogens with zero attached hydrogens (tertiary/aromatic N) is 1. The lowest BCUT2D eigenvalue weighted by Gasteiger charge is -2.40. The number of imide groups is 1. The largest absolute Gasteiger partial charge is 0.311 e. The molecule has 1 heterocycles. The van der Waals surface area contributed by atoms with E-state index in [4.69, 9.17) is 0 Å². The van der Waals surface area contributed by atoms with Gasteiger partial charge in [-0.05, 0) is 23.4 Å². The number of carbonyl (C=O) groups excluding carboxylic acids is 3. The van der Waals surface area contributed by atoms with Crippen LogP contribution in [0, 0.1) is 5.41 Å². The van der Waals surface area contributed by atoms with Crippen molar-refractivity contribution in [2.45, 2.75) is 51.7 Å². The standard InChI is InChI=1S/C19H26BNO3S/c1-6-25-14-11-15(22)21(16(14)23)13-9-7-12(8-10-13)18(2,3)19(4,5)17(20)24/h7-10,14H,6,11,20H2,1-5H3. The third-order valence-corrected chi connectivity index (χ3v) is 6.87. The maximum atomic E-state index is 12.5. The van der Waals surface area contributed by atoms with Crippen molar-refractivity contribution in [3.8, 4) is 0 Å². The molecular weight excluding hydrogens is 333 g/mol. The van der Waals surface area contributed by atoms with Crippen molar-refractivity contribution >= 4 is 42.8 Å². The van der Waals surface area contributed by atoms with Gasteiger partial charge in [0.25, 0.3) is 0 Å². The topological polar surface area (TPSA) is 54.5 Å². The number of benzene rings is 1. The molecule has 1 fully saturated rings. The van der Waals surface area contributed by atoms with Crippen LogP contribution >= 0.6 is 11.8 Å². The Hall–Kier alpha value is -1.56. The molecule has 1 aliphatic rings. The van der Waals surface area contributed by atoms with Crippen LogP contribution in [-0.4, -0.2) is 36.3 Å². The normalized spacial score (nSPS) is 18.8. The van der Waals surface area contributed by atoms with E-state index in [9.17, 15) is 14.4 Å². The molecule has 4 nitrogen and oxygen atoms in total. The number of hydrogen-bond acceptors (Lipinski definition) is 4. The first-order chi connectivity index (χ1) is 11.5. The molecule has 2 amide bonds. The summed E-state index contributed by atoms with van der Waals surface area (Å²) in [5, 5.41) is -0.273. The summed E-state index contributed by atoms with van der Waals surface area (Å²) in [6.07, 6.45) is 0.266. The van der Waals surface area contributed by atoms with Gasteiger partial charge in [0.2, 0.25) is 11.8 Å². The maximum Gasteiger partial charge on any atom is 0.247 e. The minimum absolute atomic E-state index is 0.130. The fraction of sp³-hybridized carbons (Fsp3) is 0.526. The summed E-state index contributed by atoms with van der Waals surface area (Å²) in [5.74, 6) is 0.532. The zero-order chi connectivity index (χ0) is 19.0. The molecule has 0 spiro atoms. The highest BCUT2D eigenvalue weighted by Crippen LogP contribution is 2.42. The van der Waals surface area contributed by atoms with Crippen LogP contribution in [0.3, 0.4) is 0 Å². The molecule has 2 rings (SSSR count). The number of amides is 2. The average molecular weight is 359 g/mol. The Balaban J connectivity index is 2.30. The second-order valence-electron chi connectivity index (χ2n) is 7.57. The second kappa shape index (κ2) is 6.98. The fourth-order valence-corrected chi connectivity index (χ4v) is 3.95. The van der Waals surface area contributed by atoms with Gasteiger partial charge in [-0.25, -0.2) is 4.90 Å². The van der Waals surface area contributed by atoms with Gasteiger partial charge in [-0.1, -0.05) is 46.8 Å². The lowest BCUT2D eigenvalue weighted by atomic mass is 9.58. The highest BCUT2D eigenvalue weighted by molar-refractivity contribution is 8.00. The first kappa shape index (κ1) is 19.8. The molecule has 6 heteroatoms. The summed E-state index contributed by atoms with van der Waals surface area (Å²) in [6.45, 7) is 9.97. The summed E-state index contributed by atoms with van der Waals surface area (Å²) in [7, 11) is 1.61. The molecule has 1 atom stereocenters. The first-order valence-corrected chi connectivity index (χ1v) is 9.69. The molecule has 25 heavy (non-hydrogen) atoms. The van der Waals surface area contributed by atoms with Gasteiger partial charge in [-0.2, -0.15) is 0 Å². The van der Waals surface area contributed by atoms with E-state index in [1.54, 1.807) is 7.85 Å². The molecule has 0 bridgehead atoms. The molecule has 1 aliphatic heterocycles. The Kier molecular flexibility index (Phi) is 5.52. The molecule has 0 aliphatic carbocycles. The number of thioether (sulfide) groups is 1. The zero-order valence-corrected chi connectivity index (χ0v) is 16.7. The van der Waals surface area contributed by atoms with Crippen LogP contribution in [0.4, 0.5) is 5.69 Å². The van der Waals surface area contributed by atoms with Crippen molar-refractivity contribution in [1.29, 1.82) is 0 Å². The van der Waals surface area contributed by atoms with Gasteiger partial charge in [0, 0.05) is 17.3 Å². The Morgan fingerprint density at radius 3 is 2.24 bits per heavy atom. The Bertz CT molecular complexity index is 697. The Morgan fingerprint density at radius 2 is 1.76 bits per heavy atom. The van der Waals surface area contributed by atoms with Crippen LogP contribution in [-0.2, 0) is 19.8 Å². The number of hydrogen-bond donors (Lipinski definition) is 0. The molecule has 1 unspecified atom stereocenters. The lowest BCUT2D eigenvalue weighted by Crippen LogP contribution is -2.43. The molecule has 0 aromatic heterocycles. The van der Waals surface area contributed by atoms with Crippen molar-refractivity contribution in [1.82, 2.24) is 0 Å². The quantitative estimate of drug-likeness (QED) is 0.579. The van der Waals surface area contributed by atoms with E-state index in [0.717, 1.165) is 11.3 Å². The van der Waals surface area contributed by atoms with E-state index >= 15 is 0 Å². The summed E-state index contributed by atoms with van der Waals surface area (Å²) >= 11 is 1.51. The SMILES string of the molecule is BC(=O)C(C)(C)C(C)(C)c1ccc(N2C(=O)CC(SCC)C2=O)cc1. The highest BCUT2D eigenvalue weighted by atomic mass is 32.2. The third-order valence-electron chi connectivity index (χ3n) is 5.76. The van der Waals surface area contributed by atoms with E-state index in [0.29, 0.717) is 5.69 Å². The van der Waals surface area contributed by atoms with E-state index in [-0.39, 0.29) is 34.6 Å². The zero-order valence-electron chi connectivity index (χ0n) is 15.9. The van der Waals surface area contributed by atoms with Gasteiger partial charge >= 0.3 is 0 Å². The second-order valence-corrected chi connectivity index (χ2v) is 9.05. The summed E-state index contributed by atoms with van der Waals surface area (Å²) in [6, 6.07) is 7.45. The molecule has 1 aromatic rings. The average Bonchev–Trinajstić information content (AvgIpc) is 2.81. The lowest BCUT2D eigenvalue weighted by molar-refractivity contribution is -0.122. The van der Waals surface area contributed by atoms with E-state index in [1.165, 1.54) is 16.7 Å². The van der Waals surface area contributed by atoms with Crippen molar-refractivity contribution in [2.75, 3.05) is 10.7 Å². The van der Waals surface area contributed by atoms with Gasteiger partial charge < -0.3 is 4.79 Å².